The highest BCUT2D eigenvalue weighted by molar-refractivity contribution is 5.78. The van der Waals surface area contributed by atoms with Crippen LogP contribution >= 0.6 is 0 Å². The Kier molecular flexibility index (Phi) is 4.10. The third kappa shape index (κ3) is 3.96. The van der Waals surface area contributed by atoms with E-state index < -0.39 is 5.60 Å². The number of aliphatic hydroxyl groups is 1. The summed E-state index contributed by atoms with van der Waals surface area (Å²) < 4.78 is 5.12. The number of nitrogens with one attached hydrogen (secondary N) is 1. The minimum atomic E-state index is -0.774. The lowest BCUT2D eigenvalue weighted by atomic mass is 10.0. The smallest absolute Gasteiger partial charge is 0.224 e. The zero-order chi connectivity index (χ0) is 13.9. The summed E-state index contributed by atoms with van der Waals surface area (Å²) in [7, 11) is 1.60. The molecule has 1 aliphatic rings. The molecule has 1 unspecified atom stereocenters. The topological polar surface area (TPSA) is 58.6 Å². The van der Waals surface area contributed by atoms with Crippen molar-refractivity contribution >= 4 is 5.91 Å². The van der Waals surface area contributed by atoms with Gasteiger partial charge in [-0.25, -0.2) is 0 Å². The van der Waals surface area contributed by atoms with Crippen molar-refractivity contribution in [3.05, 3.63) is 29.8 Å². The Labute approximate surface area is 113 Å². The first-order valence-electron chi connectivity index (χ1n) is 6.63. The fourth-order valence-corrected chi connectivity index (χ4v) is 2.16. The van der Waals surface area contributed by atoms with Crippen molar-refractivity contribution < 1.29 is 14.6 Å². The predicted octanol–water partition coefficient (Wildman–Crippen LogP) is 1.51. The van der Waals surface area contributed by atoms with Gasteiger partial charge < -0.3 is 15.2 Å². The molecule has 4 heteroatoms. The Morgan fingerprint density at radius 1 is 1.53 bits per heavy atom. The van der Waals surface area contributed by atoms with Gasteiger partial charge in [-0.3, -0.25) is 4.79 Å². The fourth-order valence-electron chi connectivity index (χ4n) is 2.16. The summed E-state index contributed by atoms with van der Waals surface area (Å²) >= 11 is 0. The van der Waals surface area contributed by atoms with E-state index in [0.717, 1.165) is 24.2 Å². The summed E-state index contributed by atoms with van der Waals surface area (Å²) in [5.74, 6) is 1.01. The highest BCUT2D eigenvalue weighted by Gasteiger charge is 2.39. The first kappa shape index (κ1) is 13.9. The molecule has 19 heavy (non-hydrogen) atoms. The molecule has 4 nitrogen and oxygen atoms in total. The lowest BCUT2D eigenvalue weighted by molar-refractivity contribution is -0.121. The maximum absolute atomic E-state index is 11.8. The number of carbonyl (C=O) groups is 1. The number of hydrogen-bond donors (Lipinski definition) is 2. The summed E-state index contributed by atoms with van der Waals surface area (Å²) in [6.45, 7) is 2.11. The average molecular weight is 263 g/mol. The molecule has 0 heterocycles. The van der Waals surface area contributed by atoms with Crippen LogP contribution in [0.5, 0.6) is 5.75 Å². The van der Waals surface area contributed by atoms with Crippen molar-refractivity contribution in [2.45, 2.75) is 31.8 Å². The van der Waals surface area contributed by atoms with Crippen molar-refractivity contribution in [3.63, 3.8) is 0 Å². The number of ether oxygens (including phenoxy) is 1. The highest BCUT2D eigenvalue weighted by Crippen LogP contribution is 2.38. The second-order valence-corrected chi connectivity index (χ2v) is 5.44. The molecule has 1 amide bonds. The van der Waals surface area contributed by atoms with Crippen LogP contribution in [0.3, 0.4) is 0 Å². The number of amides is 1. The van der Waals surface area contributed by atoms with Gasteiger partial charge >= 0.3 is 0 Å². The maximum atomic E-state index is 11.8. The van der Waals surface area contributed by atoms with Gasteiger partial charge in [0.1, 0.15) is 5.75 Å². The van der Waals surface area contributed by atoms with Crippen LogP contribution < -0.4 is 10.1 Å². The zero-order valence-corrected chi connectivity index (χ0v) is 11.5. The second-order valence-electron chi connectivity index (χ2n) is 5.44. The van der Waals surface area contributed by atoms with Gasteiger partial charge in [-0.05, 0) is 43.4 Å². The van der Waals surface area contributed by atoms with Crippen LogP contribution in [0.4, 0.5) is 0 Å². The molecule has 1 aliphatic carbocycles. The van der Waals surface area contributed by atoms with E-state index in [-0.39, 0.29) is 5.91 Å². The molecule has 2 rings (SSSR count). The number of carbonyl (C=O) groups excluding carboxylic acids is 1. The second kappa shape index (κ2) is 5.61. The van der Waals surface area contributed by atoms with Gasteiger partial charge in [-0.1, -0.05) is 12.1 Å². The van der Waals surface area contributed by atoms with Crippen molar-refractivity contribution in [1.29, 1.82) is 0 Å². The molecule has 1 aromatic carbocycles. The molecule has 1 aromatic rings. The van der Waals surface area contributed by atoms with Crippen molar-refractivity contribution in [2.24, 2.45) is 5.92 Å². The van der Waals surface area contributed by atoms with E-state index in [2.05, 4.69) is 5.32 Å². The largest absolute Gasteiger partial charge is 0.497 e. The molecule has 0 radical (unpaired) electrons. The molecule has 0 spiro atoms. The summed E-state index contributed by atoms with van der Waals surface area (Å²) in [4.78, 5) is 11.8. The van der Waals surface area contributed by atoms with Crippen molar-refractivity contribution in [1.82, 2.24) is 5.32 Å². The minimum absolute atomic E-state index is 0.0748. The summed E-state index contributed by atoms with van der Waals surface area (Å²) in [6, 6.07) is 7.45. The molecule has 1 saturated carbocycles. The predicted molar refractivity (Wildman–Crippen MR) is 73.1 cm³/mol. The standard InChI is InChI=1S/C15H21NO3/c1-15(18,12-6-7-12)10-16-14(17)9-11-4-3-5-13(8-11)19-2/h3-5,8,12,18H,6-7,9-10H2,1-2H3,(H,16,17). The maximum Gasteiger partial charge on any atom is 0.224 e. The number of methoxy groups -OCH3 is 1. The Hall–Kier alpha value is -1.55. The van der Waals surface area contributed by atoms with Gasteiger partial charge in [-0.2, -0.15) is 0 Å². The van der Waals surface area contributed by atoms with Crippen LogP contribution in [0.15, 0.2) is 24.3 Å². The van der Waals surface area contributed by atoms with Gasteiger partial charge in [0.15, 0.2) is 0 Å². The van der Waals surface area contributed by atoms with Gasteiger partial charge in [0, 0.05) is 6.54 Å². The summed E-state index contributed by atoms with van der Waals surface area (Å²) in [5, 5.41) is 12.9. The van der Waals surface area contributed by atoms with Crippen LogP contribution in [0.1, 0.15) is 25.3 Å². The van der Waals surface area contributed by atoms with Crippen LogP contribution in [0, 0.1) is 5.92 Å². The van der Waals surface area contributed by atoms with Gasteiger partial charge in [-0.15, -0.1) is 0 Å². The zero-order valence-electron chi connectivity index (χ0n) is 11.5. The van der Waals surface area contributed by atoms with Gasteiger partial charge in [0.2, 0.25) is 5.91 Å². The third-order valence-corrected chi connectivity index (χ3v) is 3.60. The molecule has 0 bridgehead atoms. The van der Waals surface area contributed by atoms with E-state index in [4.69, 9.17) is 4.74 Å². The average Bonchev–Trinajstić information content (AvgIpc) is 3.21. The first-order chi connectivity index (χ1) is 9.01. The number of benzene rings is 1. The van der Waals surface area contributed by atoms with Gasteiger partial charge in [0.05, 0.1) is 19.1 Å². The van der Waals surface area contributed by atoms with Crippen LogP contribution in [0.25, 0.3) is 0 Å². The van der Waals surface area contributed by atoms with Crippen LogP contribution in [-0.2, 0) is 11.2 Å². The molecule has 1 fully saturated rings. The Balaban J connectivity index is 1.83. The molecular weight excluding hydrogens is 242 g/mol. The molecule has 0 aliphatic heterocycles. The van der Waals surface area contributed by atoms with E-state index in [0.29, 0.717) is 18.9 Å². The highest BCUT2D eigenvalue weighted by atomic mass is 16.5. The Bertz CT molecular complexity index is 452. The van der Waals surface area contributed by atoms with Crippen LogP contribution in [0.2, 0.25) is 0 Å². The SMILES string of the molecule is COc1cccc(CC(=O)NCC(C)(O)C2CC2)c1. The molecular formula is C15H21NO3. The van der Waals surface area contributed by atoms with Crippen molar-refractivity contribution in [2.75, 3.05) is 13.7 Å². The van der Waals surface area contributed by atoms with Crippen molar-refractivity contribution in [3.8, 4) is 5.75 Å². The van der Waals surface area contributed by atoms with E-state index in [1.807, 2.05) is 24.3 Å². The van der Waals surface area contributed by atoms with E-state index >= 15 is 0 Å². The Morgan fingerprint density at radius 2 is 2.26 bits per heavy atom. The summed E-state index contributed by atoms with van der Waals surface area (Å²) in [6.07, 6.45) is 2.41. The Morgan fingerprint density at radius 3 is 2.89 bits per heavy atom. The third-order valence-electron chi connectivity index (χ3n) is 3.60. The van der Waals surface area contributed by atoms with E-state index in [9.17, 15) is 9.90 Å². The molecule has 1 atom stereocenters. The molecule has 2 N–H and O–H groups in total. The lowest BCUT2D eigenvalue weighted by Crippen LogP contribution is -2.42. The molecule has 0 saturated heterocycles. The fraction of sp³-hybridized carbons (Fsp3) is 0.533. The number of rotatable bonds is 6. The quantitative estimate of drug-likeness (QED) is 0.818. The monoisotopic (exact) mass is 263 g/mol. The molecule has 104 valence electrons. The van der Waals surface area contributed by atoms with E-state index in [1.54, 1.807) is 14.0 Å². The normalized spacial score (nSPS) is 17.6. The minimum Gasteiger partial charge on any atom is -0.497 e. The van der Waals surface area contributed by atoms with Crippen LogP contribution in [-0.4, -0.2) is 30.3 Å². The lowest BCUT2D eigenvalue weighted by Gasteiger charge is -2.23. The first-order valence-corrected chi connectivity index (χ1v) is 6.63. The number of hydrogen-bond acceptors (Lipinski definition) is 3. The summed E-state index contributed by atoms with van der Waals surface area (Å²) in [5.41, 5.74) is 0.132. The molecule has 0 aromatic heterocycles. The van der Waals surface area contributed by atoms with E-state index in [1.165, 1.54) is 0 Å². The van der Waals surface area contributed by atoms with Gasteiger partial charge in [0.25, 0.3) is 0 Å².